The van der Waals surface area contributed by atoms with Crippen molar-refractivity contribution in [1.82, 2.24) is 20.4 Å². The van der Waals surface area contributed by atoms with Crippen molar-refractivity contribution < 1.29 is 14.3 Å². The van der Waals surface area contributed by atoms with Crippen LogP contribution in [0.2, 0.25) is 0 Å². The number of nitrogens with one attached hydrogen (secondary N) is 2. The molecular weight excluding hydrogens is 296 g/mol. The van der Waals surface area contributed by atoms with E-state index in [1.807, 2.05) is 6.92 Å². The summed E-state index contributed by atoms with van der Waals surface area (Å²) in [6, 6.07) is -0.363. The highest BCUT2D eigenvalue weighted by Gasteiger charge is 2.24. The van der Waals surface area contributed by atoms with Gasteiger partial charge in [-0.3, -0.25) is 19.4 Å². The van der Waals surface area contributed by atoms with Gasteiger partial charge in [-0.2, -0.15) is 0 Å². The van der Waals surface area contributed by atoms with Gasteiger partial charge in [0.25, 0.3) is 0 Å². The number of rotatable bonds is 7. The van der Waals surface area contributed by atoms with E-state index < -0.39 is 0 Å². The van der Waals surface area contributed by atoms with Crippen molar-refractivity contribution in [2.24, 2.45) is 0 Å². The van der Waals surface area contributed by atoms with Crippen molar-refractivity contribution in [2.45, 2.75) is 32.2 Å². The molecule has 0 spiro atoms. The van der Waals surface area contributed by atoms with E-state index >= 15 is 0 Å². The van der Waals surface area contributed by atoms with Crippen LogP contribution in [0.5, 0.6) is 0 Å². The van der Waals surface area contributed by atoms with Gasteiger partial charge in [0.1, 0.15) is 6.04 Å². The van der Waals surface area contributed by atoms with Crippen molar-refractivity contribution >= 4 is 11.8 Å². The average Bonchev–Trinajstić information content (AvgIpc) is 2.74. The van der Waals surface area contributed by atoms with Gasteiger partial charge in [-0.1, -0.05) is 0 Å². The van der Waals surface area contributed by atoms with Crippen molar-refractivity contribution in [3.05, 3.63) is 0 Å². The van der Waals surface area contributed by atoms with Gasteiger partial charge in [-0.15, -0.1) is 0 Å². The third-order valence-electron chi connectivity index (χ3n) is 4.46. The topological polar surface area (TPSA) is 73.9 Å². The molecule has 0 unspecified atom stereocenters. The summed E-state index contributed by atoms with van der Waals surface area (Å²) < 4.78 is 5.38. The summed E-state index contributed by atoms with van der Waals surface area (Å²) in [5.41, 5.74) is 0. The molecule has 2 heterocycles. The lowest BCUT2D eigenvalue weighted by atomic mass is 10.1. The van der Waals surface area contributed by atoms with E-state index in [4.69, 9.17) is 4.74 Å². The number of hydrogen-bond donors (Lipinski definition) is 2. The zero-order valence-corrected chi connectivity index (χ0v) is 14.2. The normalized spacial score (nSPS) is 24.0. The maximum absolute atomic E-state index is 12.2. The number of nitrogens with zero attached hydrogens (tertiary/aromatic N) is 2. The minimum Gasteiger partial charge on any atom is -0.380 e. The van der Waals surface area contributed by atoms with Gasteiger partial charge in [-0.05, 0) is 26.2 Å². The molecule has 0 aromatic carbocycles. The van der Waals surface area contributed by atoms with Gasteiger partial charge in [0.15, 0.2) is 0 Å². The molecule has 7 nitrogen and oxygen atoms in total. The first kappa shape index (κ1) is 18.2. The van der Waals surface area contributed by atoms with Gasteiger partial charge in [0, 0.05) is 45.9 Å². The fourth-order valence-corrected chi connectivity index (χ4v) is 3.03. The van der Waals surface area contributed by atoms with Crippen LogP contribution >= 0.6 is 0 Å². The summed E-state index contributed by atoms with van der Waals surface area (Å²) in [7, 11) is 0. The monoisotopic (exact) mass is 326 g/mol. The van der Waals surface area contributed by atoms with E-state index in [9.17, 15) is 9.59 Å². The fourth-order valence-electron chi connectivity index (χ4n) is 3.03. The Morgan fingerprint density at radius 1 is 1.26 bits per heavy atom. The van der Waals surface area contributed by atoms with Crippen LogP contribution in [0.4, 0.5) is 0 Å². The van der Waals surface area contributed by atoms with Crippen molar-refractivity contribution in [2.75, 3.05) is 59.0 Å². The van der Waals surface area contributed by atoms with E-state index in [1.54, 1.807) is 0 Å². The lowest BCUT2D eigenvalue weighted by molar-refractivity contribution is -0.129. The molecule has 2 saturated heterocycles. The minimum absolute atomic E-state index is 0.0448. The standard InChI is InChI=1S/C16H30N4O3/c1-2-23-12-11-19-7-9-20(10-8-19)13-15(21)18-14-5-3-4-6-17-16(14)22/h14H,2-13H2,1H3,(H,17,22)(H,18,21)/t14-/m1/s1. The van der Waals surface area contributed by atoms with Gasteiger partial charge in [-0.25, -0.2) is 0 Å². The number of carbonyl (C=O) groups is 2. The smallest absolute Gasteiger partial charge is 0.242 e. The van der Waals surface area contributed by atoms with Crippen LogP contribution in [0.15, 0.2) is 0 Å². The Hall–Kier alpha value is -1.18. The second-order valence-electron chi connectivity index (χ2n) is 6.22. The number of amides is 2. The summed E-state index contributed by atoms with van der Waals surface area (Å²) >= 11 is 0. The molecule has 2 N–H and O–H groups in total. The summed E-state index contributed by atoms with van der Waals surface area (Å²) in [6.45, 7) is 9.28. The first-order valence-electron chi connectivity index (χ1n) is 8.78. The summed E-state index contributed by atoms with van der Waals surface area (Å²) in [4.78, 5) is 28.5. The van der Waals surface area contributed by atoms with Crippen LogP contribution < -0.4 is 10.6 Å². The molecule has 132 valence electrons. The Balaban J connectivity index is 1.65. The molecule has 0 radical (unpaired) electrons. The van der Waals surface area contributed by atoms with E-state index in [0.717, 1.165) is 71.7 Å². The minimum atomic E-state index is -0.363. The molecule has 0 aliphatic carbocycles. The Labute approximate surface area is 138 Å². The molecule has 0 aromatic heterocycles. The van der Waals surface area contributed by atoms with Crippen LogP contribution in [0.3, 0.4) is 0 Å². The maximum atomic E-state index is 12.2. The quantitative estimate of drug-likeness (QED) is 0.613. The molecule has 0 bridgehead atoms. The first-order valence-corrected chi connectivity index (χ1v) is 8.78. The zero-order valence-electron chi connectivity index (χ0n) is 14.2. The Morgan fingerprint density at radius 3 is 2.74 bits per heavy atom. The average molecular weight is 326 g/mol. The molecule has 2 aliphatic rings. The third kappa shape index (κ3) is 6.45. The van der Waals surface area contributed by atoms with Gasteiger partial charge < -0.3 is 15.4 Å². The third-order valence-corrected chi connectivity index (χ3v) is 4.46. The largest absolute Gasteiger partial charge is 0.380 e. The Bertz CT molecular complexity index is 384. The van der Waals surface area contributed by atoms with Crippen LogP contribution in [-0.2, 0) is 14.3 Å². The van der Waals surface area contributed by atoms with Crippen LogP contribution in [0, 0.1) is 0 Å². The summed E-state index contributed by atoms with van der Waals surface area (Å²) in [5, 5.41) is 5.73. The second kappa shape index (κ2) is 9.85. The molecule has 2 rings (SSSR count). The Kier molecular flexibility index (Phi) is 7.78. The van der Waals surface area contributed by atoms with Crippen LogP contribution in [0.25, 0.3) is 0 Å². The van der Waals surface area contributed by atoms with Gasteiger partial charge >= 0.3 is 0 Å². The van der Waals surface area contributed by atoms with Crippen LogP contribution in [0.1, 0.15) is 26.2 Å². The molecule has 2 amide bonds. The predicted molar refractivity (Wildman–Crippen MR) is 88.2 cm³/mol. The van der Waals surface area contributed by atoms with Crippen molar-refractivity contribution in [1.29, 1.82) is 0 Å². The number of hydrogen-bond acceptors (Lipinski definition) is 5. The van der Waals surface area contributed by atoms with E-state index in [-0.39, 0.29) is 17.9 Å². The second-order valence-corrected chi connectivity index (χ2v) is 6.22. The van der Waals surface area contributed by atoms with Crippen LogP contribution in [-0.4, -0.2) is 86.7 Å². The summed E-state index contributed by atoms with van der Waals surface area (Å²) in [6.07, 6.45) is 2.70. The van der Waals surface area contributed by atoms with E-state index in [2.05, 4.69) is 20.4 Å². The highest BCUT2D eigenvalue weighted by atomic mass is 16.5. The van der Waals surface area contributed by atoms with E-state index in [1.165, 1.54) is 0 Å². The van der Waals surface area contributed by atoms with Crippen molar-refractivity contribution in [3.63, 3.8) is 0 Å². The number of piperazine rings is 1. The SMILES string of the molecule is CCOCCN1CCN(CC(=O)N[C@@H]2CCCCNC2=O)CC1. The molecule has 0 saturated carbocycles. The molecule has 0 aromatic rings. The first-order chi connectivity index (χ1) is 11.2. The molecule has 7 heteroatoms. The molecule has 23 heavy (non-hydrogen) atoms. The Morgan fingerprint density at radius 2 is 2.00 bits per heavy atom. The van der Waals surface area contributed by atoms with E-state index in [0.29, 0.717) is 6.54 Å². The highest BCUT2D eigenvalue weighted by Crippen LogP contribution is 2.06. The molecular formula is C16H30N4O3. The summed E-state index contributed by atoms with van der Waals surface area (Å²) in [5.74, 6) is -0.0913. The number of ether oxygens (including phenoxy) is 1. The fraction of sp³-hybridized carbons (Fsp3) is 0.875. The van der Waals surface area contributed by atoms with Gasteiger partial charge in [0.05, 0.1) is 13.2 Å². The molecule has 2 fully saturated rings. The lowest BCUT2D eigenvalue weighted by Crippen LogP contribution is -2.52. The maximum Gasteiger partial charge on any atom is 0.242 e. The molecule has 2 aliphatic heterocycles. The van der Waals surface area contributed by atoms with Gasteiger partial charge in [0.2, 0.25) is 11.8 Å². The predicted octanol–water partition coefficient (Wildman–Crippen LogP) is -0.575. The highest BCUT2D eigenvalue weighted by molar-refractivity contribution is 5.88. The van der Waals surface area contributed by atoms with Crippen molar-refractivity contribution in [3.8, 4) is 0 Å². The number of carbonyl (C=O) groups excluding carboxylic acids is 2. The molecule has 1 atom stereocenters. The zero-order chi connectivity index (χ0) is 16.5. The lowest BCUT2D eigenvalue weighted by Gasteiger charge is -2.34.